The van der Waals surface area contributed by atoms with Crippen LogP contribution in [0.4, 0.5) is 14.9 Å². The summed E-state index contributed by atoms with van der Waals surface area (Å²) in [5.41, 5.74) is 2.48. The molecule has 0 bridgehead atoms. The molecule has 2 aromatic rings. The van der Waals surface area contributed by atoms with Crippen LogP contribution in [0.25, 0.3) is 6.08 Å². The summed E-state index contributed by atoms with van der Waals surface area (Å²) >= 11 is 0. The van der Waals surface area contributed by atoms with Gasteiger partial charge in [-0.15, -0.1) is 0 Å². The second-order valence-corrected chi connectivity index (χ2v) is 7.77. The van der Waals surface area contributed by atoms with Crippen LogP contribution in [-0.2, 0) is 15.1 Å². The van der Waals surface area contributed by atoms with Crippen LogP contribution in [0.1, 0.15) is 37.7 Å². The molecule has 1 fully saturated rings. The molecular formula is C21H22FN3O3. The summed E-state index contributed by atoms with van der Waals surface area (Å²) in [7, 11) is 0. The zero-order valence-corrected chi connectivity index (χ0v) is 16.5. The van der Waals surface area contributed by atoms with Gasteiger partial charge in [-0.2, -0.15) is 0 Å². The molecule has 1 saturated heterocycles. The number of nitrogens with one attached hydrogen (secondary N) is 1. The van der Waals surface area contributed by atoms with Crippen LogP contribution in [0.15, 0.2) is 35.9 Å². The second kappa shape index (κ2) is 6.74. The Hall–Kier alpha value is -3.22. The van der Waals surface area contributed by atoms with Gasteiger partial charge in [-0.05, 0) is 76.6 Å². The quantitative estimate of drug-likeness (QED) is 0.635. The van der Waals surface area contributed by atoms with E-state index in [-0.39, 0.29) is 16.8 Å². The number of barbiturate groups is 1. The summed E-state index contributed by atoms with van der Waals surface area (Å²) in [6.45, 7) is 10.1. The first-order valence-corrected chi connectivity index (χ1v) is 8.87. The Morgan fingerprint density at radius 2 is 1.64 bits per heavy atom. The average Bonchev–Trinajstić information content (AvgIpc) is 2.86. The number of rotatable bonds is 2. The summed E-state index contributed by atoms with van der Waals surface area (Å²) < 4.78 is 15.3. The minimum Gasteiger partial charge on any atom is -0.343 e. The third-order valence-electron chi connectivity index (χ3n) is 4.63. The fourth-order valence-electron chi connectivity index (χ4n) is 3.60. The van der Waals surface area contributed by atoms with Crippen molar-refractivity contribution in [3.63, 3.8) is 0 Å². The molecule has 3 rings (SSSR count). The van der Waals surface area contributed by atoms with Gasteiger partial charge in [-0.1, -0.05) is 0 Å². The predicted molar refractivity (Wildman–Crippen MR) is 104 cm³/mol. The maximum atomic E-state index is 13.2. The number of anilines is 1. The molecule has 1 aliphatic heterocycles. The monoisotopic (exact) mass is 383 g/mol. The minimum absolute atomic E-state index is 0.155. The number of nitrogens with zero attached hydrogens (tertiary/aromatic N) is 2. The minimum atomic E-state index is -0.862. The molecular weight excluding hydrogens is 361 g/mol. The summed E-state index contributed by atoms with van der Waals surface area (Å²) in [5.74, 6) is -2.00. The van der Waals surface area contributed by atoms with Gasteiger partial charge in [0, 0.05) is 16.9 Å². The van der Waals surface area contributed by atoms with Crippen LogP contribution in [0, 0.1) is 19.7 Å². The third-order valence-corrected chi connectivity index (χ3v) is 4.63. The van der Waals surface area contributed by atoms with Crippen molar-refractivity contribution in [2.45, 2.75) is 40.2 Å². The molecule has 1 aromatic heterocycles. The molecule has 146 valence electrons. The molecule has 0 atom stereocenters. The predicted octanol–water partition coefficient (Wildman–Crippen LogP) is 3.67. The van der Waals surface area contributed by atoms with Crippen LogP contribution >= 0.6 is 0 Å². The van der Waals surface area contributed by atoms with Crippen LogP contribution in [0.2, 0.25) is 0 Å². The van der Waals surface area contributed by atoms with E-state index in [1.807, 2.05) is 19.9 Å². The molecule has 1 aliphatic rings. The first-order valence-electron chi connectivity index (χ1n) is 8.87. The van der Waals surface area contributed by atoms with E-state index in [4.69, 9.17) is 0 Å². The molecule has 6 nitrogen and oxygen atoms in total. The number of halogens is 1. The van der Waals surface area contributed by atoms with E-state index in [2.05, 4.69) is 30.7 Å². The lowest BCUT2D eigenvalue weighted by molar-refractivity contribution is -0.122. The van der Waals surface area contributed by atoms with Crippen molar-refractivity contribution in [2.75, 3.05) is 4.90 Å². The van der Waals surface area contributed by atoms with E-state index in [1.54, 1.807) is 0 Å². The highest BCUT2D eigenvalue weighted by Crippen LogP contribution is 2.27. The number of urea groups is 1. The van der Waals surface area contributed by atoms with Crippen molar-refractivity contribution in [1.82, 2.24) is 9.88 Å². The van der Waals surface area contributed by atoms with Gasteiger partial charge in [0.05, 0.1) is 5.69 Å². The van der Waals surface area contributed by atoms with E-state index in [0.717, 1.165) is 34.0 Å². The molecule has 1 aromatic carbocycles. The SMILES string of the molecule is Cc1cc(/C=C2\C(=O)NC(=O)N(c3ccc(F)cc3)C2=O)c(C)n1C(C)(C)C. The van der Waals surface area contributed by atoms with Gasteiger partial charge >= 0.3 is 6.03 Å². The zero-order chi connectivity index (χ0) is 20.8. The van der Waals surface area contributed by atoms with E-state index >= 15 is 0 Å². The number of imide groups is 2. The molecule has 7 heteroatoms. The fourth-order valence-corrected chi connectivity index (χ4v) is 3.60. The number of carbonyl (C=O) groups excluding carboxylic acids is 3. The first-order chi connectivity index (χ1) is 13.0. The highest BCUT2D eigenvalue weighted by Gasteiger charge is 2.37. The number of hydrogen-bond acceptors (Lipinski definition) is 3. The van der Waals surface area contributed by atoms with Gasteiger partial charge in [0.25, 0.3) is 11.8 Å². The van der Waals surface area contributed by atoms with Crippen LogP contribution < -0.4 is 10.2 Å². The number of benzene rings is 1. The molecule has 0 spiro atoms. The standard InChI is InChI=1S/C21H22FN3O3/c1-12-10-14(13(2)25(12)21(3,4)5)11-17-18(26)23-20(28)24(19(17)27)16-8-6-15(22)7-9-16/h6-11H,1-5H3,(H,23,26,28)/b17-11+. The van der Waals surface area contributed by atoms with Crippen molar-refractivity contribution >= 4 is 29.6 Å². The smallest absolute Gasteiger partial charge is 0.335 e. The van der Waals surface area contributed by atoms with E-state index in [0.29, 0.717) is 0 Å². The third kappa shape index (κ3) is 3.35. The van der Waals surface area contributed by atoms with Gasteiger partial charge in [0.15, 0.2) is 0 Å². The molecule has 0 radical (unpaired) electrons. The van der Waals surface area contributed by atoms with Crippen LogP contribution in [-0.4, -0.2) is 22.4 Å². The van der Waals surface area contributed by atoms with Crippen molar-refractivity contribution in [1.29, 1.82) is 0 Å². The van der Waals surface area contributed by atoms with Gasteiger partial charge in [0.1, 0.15) is 11.4 Å². The number of carbonyl (C=O) groups is 3. The molecule has 0 aliphatic carbocycles. The summed E-state index contributed by atoms with van der Waals surface area (Å²) in [4.78, 5) is 38.3. The van der Waals surface area contributed by atoms with Crippen molar-refractivity contribution in [2.24, 2.45) is 0 Å². The topological polar surface area (TPSA) is 71.4 Å². The largest absolute Gasteiger partial charge is 0.343 e. The second-order valence-electron chi connectivity index (χ2n) is 7.77. The summed E-state index contributed by atoms with van der Waals surface area (Å²) in [6.07, 6.45) is 1.49. The molecule has 28 heavy (non-hydrogen) atoms. The van der Waals surface area contributed by atoms with Crippen LogP contribution in [0.5, 0.6) is 0 Å². The van der Waals surface area contributed by atoms with E-state index < -0.39 is 23.7 Å². The number of aromatic nitrogens is 1. The van der Waals surface area contributed by atoms with Gasteiger partial charge in [-0.3, -0.25) is 14.9 Å². The zero-order valence-electron chi connectivity index (χ0n) is 16.5. The van der Waals surface area contributed by atoms with Gasteiger partial charge < -0.3 is 4.57 Å². The Bertz CT molecular complexity index is 1010. The first kappa shape index (κ1) is 19.5. The lowest BCUT2D eigenvalue weighted by Gasteiger charge is -2.27. The fraction of sp³-hybridized carbons (Fsp3) is 0.286. The Morgan fingerprint density at radius 1 is 1.04 bits per heavy atom. The van der Waals surface area contributed by atoms with Crippen molar-refractivity contribution in [3.05, 3.63) is 58.7 Å². The summed E-state index contributed by atoms with van der Waals surface area (Å²) in [5, 5.41) is 2.17. The lowest BCUT2D eigenvalue weighted by atomic mass is 10.1. The number of hydrogen-bond donors (Lipinski definition) is 1. The highest BCUT2D eigenvalue weighted by molar-refractivity contribution is 6.39. The van der Waals surface area contributed by atoms with Gasteiger partial charge in [-0.25, -0.2) is 14.1 Å². The van der Waals surface area contributed by atoms with Crippen LogP contribution in [0.3, 0.4) is 0 Å². The molecule has 0 saturated carbocycles. The molecule has 1 N–H and O–H groups in total. The number of amides is 4. The Morgan fingerprint density at radius 3 is 2.18 bits per heavy atom. The Labute approximate surface area is 162 Å². The van der Waals surface area contributed by atoms with Crippen molar-refractivity contribution in [3.8, 4) is 0 Å². The summed E-state index contributed by atoms with van der Waals surface area (Å²) in [6, 6.07) is 5.95. The highest BCUT2D eigenvalue weighted by atomic mass is 19.1. The average molecular weight is 383 g/mol. The lowest BCUT2D eigenvalue weighted by Crippen LogP contribution is -2.54. The van der Waals surface area contributed by atoms with E-state index in [9.17, 15) is 18.8 Å². The number of aryl methyl sites for hydroxylation is 1. The van der Waals surface area contributed by atoms with Crippen molar-refractivity contribution < 1.29 is 18.8 Å². The molecule has 4 amide bonds. The Kier molecular flexibility index (Phi) is 4.71. The normalized spacial score (nSPS) is 16.7. The van der Waals surface area contributed by atoms with E-state index in [1.165, 1.54) is 18.2 Å². The maximum absolute atomic E-state index is 13.2. The van der Waals surface area contributed by atoms with Gasteiger partial charge in [0.2, 0.25) is 0 Å². The Balaban J connectivity index is 2.06. The molecule has 2 heterocycles. The maximum Gasteiger partial charge on any atom is 0.335 e. The molecule has 0 unspecified atom stereocenters.